The van der Waals surface area contributed by atoms with Crippen molar-refractivity contribution in [2.45, 2.75) is 52.5 Å². The minimum atomic E-state index is -0.522. The summed E-state index contributed by atoms with van der Waals surface area (Å²) in [5, 5.41) is 3.21. The highest BCUT2D eigenvalue weighted by Gasteiger charge is 2.36. The van der Waals surface area contributed by atoms with Crippen LogP contribution in [0.5, 0.6) is 0 Å². The summed E-state index contributed by atoms with van der Waals surface area (Å²) >= 11 is 12.0. The lowest BCUT2D eigenvalue weighted by Crippen LogP contribution is -2.54. The molecule has 0 bridgehead atoms. The predicted octanol–water partition coefficient (Wildman–Crippen LogP) is 5.51. The largest absolute Gasteiger partial charge is 0.369 e. The van der Waals surface area contributed by atoms with Gasteiger partial charge < -0.3 is 4.90 Å². The number of fused-ring (bicyclic) bond motifs is 1. The molecule has 2 aromatic rings. The maximum Gasteiger partial charge on any atom is 0.270 e. The smallest absolute Gasteiger partial charge is 0.270 e. The van der Waals surface area contributed by atoms with Crippen LogP contribution < -0.4 is 15.1 Å². The van der Waals surface area contributed by atoms with E-state index in [0.29, 0.717) is 22.2 Å². The van der Waals surface area contributed by atoms with Crippen molar-refractivity contribution in [2.75, 3.05) is 16.8 Å². The molecule has 0 aliphatic carbocycles. The Labute approximate surface area is 205 Å². The number of anilines is 2. The van der Waals surface area contributed by atoms with E-state index in [-0.39, 0.29) is 16.2 Å². The third-order valence-corrected chi connectivity index (χ3v) is 7.23. The van der Waals surface area contributed by atoms with Crippen molar-refractivity contribution >= 4 is 58.2 Å². The second kappa shape index (κ2) is 8.26. The van der Waals surface area contributed by atoms with E-state index in [2.05, 4.69) is 38.0 Å². The van der Waals surface area contributed by atoms with Crippen LogP contribution in [0, 0.1) is 13.8 Å². The third-order valence-electron chi connectivity index (χ3n) is 6.62. The number of thiocarbonyl (C=S) groups is 1. The van der Waals surface area contributed by atoms with Gasteiger partial charge in [0.2, 0.25) is 0 Å². The fraction of sp³-hybridized carbons (Fsp3) is 0.346. The van der Waals surface area contributed by atoms with Gasteiger partial charge in [-0.05, 0) is 105 Å². The summed E-state index contributed by atoms with van der Waals surface area (Å²) in [5.74, 6) is -0.671. The fourth-order valence-corrected chi connectivity index (χ4v) is 5.34. The van der Waals surface area contributed by atoms with E-state index in [1.807, 2.05) is 44.2 Å². The maximum atomic E-state index is 13.4. The zero-order valence-corrected chi connectivity index (χ0v) is 21.3. The Kier molecular flexibility index (Phi) is 5.87. The molecule has 7 heteroatoms. The standard InChI is InChI=1S/C26H28ClN3O2S/c1-14-7-15(2)9-18(8-14)30-24(32)20(23(31)28-25(30)33)11-17-10-19-16(3)13-26(4,5)29(6)22(19)12-21(17)27/h7-12,16H,13H2,1-6H3,(H,28,31,33)/b20-11+/t16-/m1/s1. The van der Waals surface area contributed by atoms with E-state index >= 15 is 0 Å². The zero-order chi connectivity index (χ0) is 24.2. The molecule has 2 aliphatic rings. The van der Waals surface area contributed by atoms with Crippen LogP contribution >= 0.6 is 23.8 Å². The second-order valence-electron chi connectivity index (χ2n) is 9.71. The van der Waals surface area contributed by atoms with Gasteiger partial charge in [0.1, 0.15) is 5.57 Å². The predicted molar refractivity (Wildman–Crippen MR) is 139 cm³/mol. The Bertz CT molecular complexity index is 1210. The molecule has 0 unspecified atom stereocenters. The van der Waals surface area contributed by atoms with Crippen molar-refractivity contribution in [1.29, 1.82) is 0 Å². The number of amides is 2. The van der Waals surface area contributed by atoms with Gasteiger partial charge in [0, 0.05) is 23.3 Å². The summed E-state index contributed by atoms with van der Waals surface area (Å²) in [6, 6.07) is 9.69. The molecule has 33 heavy (non-hydrogen) atoms. The minimum Gasteiger partial charge on any atom is -0.369 e. The molecule has 2 heterocycles. The number of benzene rings is 2. The summed E-state index contributed by atoms with van der Waals surface area (Å²) in [5.41, 5.74) is 5.51. The molecule has 0 aromatic heterocycles. The molecule has 0 saturated carbocycles. The molecule has 2 amide bonds. The Morgan fingerprint density at radius 2 is 1.76 bits per heavy atom. The number of rotatable bonds is 2. The monoisotopic (exact) mass is 481 g/mol. The number of carbonyl (C=O) groups excluding carboxylic acids is 2. The Morgan fingerprint density at radius 1 is 1.12 bits per heavy atom. The molecular weight excluding hydrogens is 454 g/mol. The van der Waals surface area contributed by atoms with Crippen LogP contribution in [0.2, 0.25) is 5.02 Å². The molecule has 0 radical (unpaired) electrons. The van der Waals surface area contributed by atoms with Gasteiger partial charge in [-0.15, -0.1) is 0 Å². The number of hydrogen-bond acceptors (Lipinski definition) is 4. The topological polar surface area (TPSA) is 52.7 Å². The van der Waals surface area contributed by atoms with Crippen molar-refractivity contribution in [3.63, 3.8) is 0 Å². The van der Waals surface area contributed by atoms with Crippen LogP contribution in [0.15, 0.2) is 35.9 Å². The quantitative estimate of drug-likeness (QED) is 0.349. The first-order chi connectivity index (χ1) is 15.4. The lowest BCUT2D eigenvalue weighted by molar-refractivity contribution is -0.122. The first kappa shape index (κ1) is 23.5. The zero-order valence-electron chi connectivity index (χ0n) is 19.7. The van der Waals surface area contributed by atoms with E-state index in [9.17, 15) is 9.59 Å². The summed E-state index contributed by atoms with van der Waals surface area (Å²) in [6.45, 7) is 10.5. The number of nitrogens with zero attached hydrogens (tertiary/aromatic N) is 2. The summed E-state index contributed by atoms with van der Waals surface area (Å²) in [4.78, 5) is 29.8. The average molecular weight is 482 g/mol. The highest BCUT2D eigenvalue weighted by molar-refractivity contribution is 7.80. The first-order valence-electron chi connectivity index (χ1n) is 11.0. The second-order valence-corrected chi connectivity index (χ2v) is 10.5. The van der Waals surface area contributed by atoms with Crippen molar-refractivity contribution in [3.8, 4) is 0 Å². The summed E-state index contributed by atoms with van der Waals surface area (Å²) < 4.78 is 0. The molecular formula is C26H28ClN3O2S. The lowest BCUT2D eigenvalue weighted by Gasteiger charge is -2.45. The van der Waals surface area contributed by atoms with Gasteiger partial charge in [-0.1, -0.05) is 24.6 Å². The number of halogens is 1. The fourth-order valence-electron chi connectivity index (χ4n) is 4.84. The van der Waals surface area contributed by atoms with Crippen molar-refractivity contribution in [2.24, 2.45) is 0 Å². The average Bonchev–Trinajstić information content (AvgIpc) is 2.69. The Hall–Kier alpha value is -2.70. The van der Waals surface area contributed by atoms with E-state index in [4.69, 9.17) is 23.8 Å². The van der Waals surface area contributed by atoms with Crippen LogP contribution in [-0.2, 0) is 9.59 Å². The van der Waals surface area contributed by atoms with Crippen LogP contribution in [0.4, 0.5) is 11.4 Å². The molecule has 5 nitrogen and oxygen atoms in total. The van der Waals surface area contributed by atoms with E-state index in [0.717, 1.165) is 28.8 Å². The van der Waals surface area contributed by atoms with Crippen LogP contribution in [0.3, 0.4) is 0 Å². The van der Waals surface area contributed by atoms with Gasteiger partial charge >= 0.3 is 0 Å². The molecule has 0 spiro atoms. The van der Waals surface area contributed by atoms with Crippen molar-refractivity contribution in [1.82, 2.24) is 5.32 Å². The Balaban J connectivity index is 1.78. The SMILES string of the molecule is Cc1cc(C)cc(N2C(=O)/C(=C/c3cc4c(cc3Cl)N(C)C(C)(C)C[C@H]4C)C(=O)NC2=S)c1. The van der Waals surface area contributed by atoms with Crippen molar-refractivity contribution < 1.29 is 9.59 Å². The van der Waals surface area contributed by atoms with Gasteiger partial charge in [-0.2, -0.15) is 0 Å². The maximum absolute atomic E-state index is 13.4. The molecule has 1 fully saturated rings. The van der Waals surface area contributed by atoms with Gasteiger partial charge in [-0.25, -0.2) is 0 Å². The van der Waals surface area contributed by atoms with E-state index < -0.39 is 11.8 Å². The van der Waals surface area contributed by atoms with Crippen LogP contribution in [0.1, 0.15) is 55.4 Å². The number of aryl methyl sites for hydroxylation is 2. The van der Waals surface area contributed by atoms with E-state index in [1.54, 1.807) is 6.08 Å². The highest BCUT2D eigenvalue weighted by atomic mass is 35.5. The van der Waals surface area contributed by atoms with Crippen LogP contribution in [0.25, 0.3) is 6.08 Å². The van der Waals surface area contributed by atoms with Gasteiger partial charge in [0.15, 0.2) is 5.11 Å². The minimum absolute atomic E-state index is 0.00163. The van der Waals surface area contributed by atoms with Gasteiger partial charge in [0.25, 0.3) is 11.8 Å². The first-order valence-corrected chi connectivity index (χ1v) is 11.7. The molecule has 1 atom stereocenters. The third kappa shape index (κ3) is 4.18. The van der Waals surface area contributed by atoms with Gasteiger partial charge in [0.05, 0.1) is 5.69 Å². The molecule has 4 rings (SSSR count). The summed E-state index contributed by atoms with van der Waals surface area (Å²) in [6.07, 6.45) is 2.56. The molecule has 2 aromatic carbocycles. The molecule has 2 aliphatic heterocycles. The number of nitrogens with one attached hydrogen (secondary N) is 1. The number of carbonyl (C=O) groups is 2. The molecule has 172 valence electrons. The van der Waals surface area contributed by atoms with E-state index in [1.165, 1.54) is 4.90 Å². The Morgan fingerprint density at radius 3 is 2.39 bits per heavy atom. The number of hydrogen-bond donors (Lipinski definition) is 1. The molecule has 1 saturated heterocycles. The van der Waals surface area contributed by atoms with Crippen LogP contribution in [-0.4, -0.2) is 29.5 Å². The summed E-state index contributed by atoms with van der Waals surface area (Å²) in [7, 11) is 2.07. The normalized spacial score (nSPS) is 21.4. The highest BCUT2D eigenvalue weighted by Crippen LogP contribution is 2.44. The van der Waals surface area contributed by atoms with Gasteiger partial charge in [-0.3, -0.25) is 19.8 Å². The lowest BCUT2D eigenvalue weighted by atomic mass is 9.80. The molecule has 1 N–H and O–H groups in total. The van der Waals surface area contributed by atoms with Crippen molar-refractivity contribution in [3.05, 3.63) is 63.2 Å².